The average Bonchev–Trinajstić information content (AvgIpc) is 2.56. The van der Waals surface area contributed by atoms with Crippen LogP contribution in [-0.4, -0.2) is 24.2 Å². The molecule has 0 bridgehead atoms. The van der Waals surface area contributed by atoms with Crippen LogP contribution in [0.15, 0.2) is 47.4 Å². The Morgan fingerprint density at radius 2 is 1.84 bits per heavy atom. The number of amides is 2. The second-order valence-electron chi connectivity index (χ2n) is 4.64. The van der Waals surface area contributed by atoms with Crippen LogP contribution in [0.25, 0.3) is 0 Å². The van der Waals surface area contributed by atoms with Crippen LogP contribution >= 0.6 is 23.4 Å². The van der Waals surface area contributed by atoms with Gasteiger partial charge in [-0.2, -0.15) is 8.78 Å². The van der Waals surface area contributed by atoms with E-state index in [2.05, 4.69) is 10.1 Å². The van der Waals surface area contributed by atoms with Gasteiger partial charge in [0.15, 0.2) is 0 Å². The molecule has 0 aromatic heterocycles. The van der Waals surface area contributed by atoms with Gasteiger partial charge in [0.2, 0.25) is 5.91 Å². The molecule has 0 radical (unpaired) electrons. The van der Waals surface area contributed by atoms with Crippen molar-refractivity contribution < 1.29 is 27.5 Å². The molecule has 0 heterocycles. The van der Waals surface area contributed by atoms with Crippen LogP contribution in [0, 0.1) is 5.82 Å². The number of rotatable bonds is 6. The van der Waals surface area contributed by atoms with E-state index in [-0.39, 0.29) is 22.1 Å². The average molecular weight is 390 g/mol. The number of carbonyl (C=O) groups excluding carboxylic acids is 2. The number of thioether (sulfide) groups is 1. The highest BCUT2D eigenvalue weighted by atomic mass is 35.5. The molecular weight excluding hydrogens is 379 g/mol. The Kier molecular flexibility index (Phi) is 6.72. The predicted molar refractivity (Wildman–Crippen MR) is 87.7 cm³/mol. The molecule has 0 aliphatic carbocycles. The van der Waals surface area contributed by atoms with E-state index < -0.39 is 24.2 Å². The van der Waals surface area contributed by atoms with E-state index in [0.717, 1.165) is 11.8 Å². The van der Waals surface area contributed by atoms with Gasteiger partial charge in [0.1, 0.15) is 11.6 Å². The normalized spacial score (nSPS) is 10.6. The topological polar surface area (TPSA) is 55.4 Å². The predicted octanol–water partition coefficient (Wildman–Crippen LogP) is 4.13. The molecule has 2 aromatic carbocycles. The Morgan fingerprint density at radius 1 is 1.16 bits per heavy atom. The Morgan fingerprint density at radius 3 is 2.44 bits per heavy atom. The minimum absolute atomic E-state index is 0.0624. The molecule has 0 saturated heterocycles. The lowest BCUT2D eigenvalue weighted by Crippen LogP contribution is -2.31. The maximum Gasteiger partial charge on any atom is 0.387 e. The number of hydrogen-bond acceptors (Lipinski definition) is 4. The number of carbonyl (C=O) groups is 2. The zero-order chi connectivity index (χ0) is 18.4. The Balaban J connectivity index is 1.87. The number of ether oxygens (including phenoxy) is 1. The Hall–Kier alpha value is -2.19. The number of halogens is 4. The Labute approximate surface area is 150 Å². The summed E-state index contributed by atoms with van der Waals surface area (Å²) in [5.41, 5.74) is 0.116. The van der Waals surface area contributed by atoms with Gasteiger partial charge < -0.3 is 4.74 Å². The first-order valence-electron chi connectivity index (χ1n) is 6.82. The molecule has 0 saturated carbocycles. The zero-order valence-corrected chi connectivity index (χ0v) is 14.0. The fraction of sp³-hybridized carbons (Fsp3) is 0.125. The Bertz CT molecular complexity index is 772. The van der Waals surface area contributed by atoms with E-state index in [1.165, 1.54) is 42.5 Å². The van der Waals surface area contributed by atoms with Crippen LogP contribution in [-0.2, 0) is 4.79 Å². The number of hydrogen-bond donors (Lipinski definition) is 1. The van der Waals surface area contributed by atoms with Crippen molar-refractivity contribution in [3.63, 3.8) is 0 Å². The minimum Gasteiger partial charge on any atom is -0.435 e. The lowest BCUT2D eigenvalue weighted by atomic mass is 10.2. The lowest BCUT2D eigenvalue weighted by molar-refractivity contribution is -0.117. The van der Waals surface area contributed by atoms with Gasteiger partial charge in [-0.05, 0) is 42.5 Å². The molecule has 0 aliphatic rings. The van der Waals surface area contributed by atoms with Gasteiger partial charge in [0.25, 0.3) is 5.91 Å². The smallest absolute Gasteiger partial charge is 0.387 e. The molecule has 132 valence electrons. The van der Waals surface area contributed by atoms with Crippen LogP contribution < -0.4 is 10.1 Å². The van der Waals surface area contributed by atoms with Crippen LogP contribution in [0.4, 0.5) is 13.2 Å². The molecular formula is C16H11ClF3NO3S. The number of imide groups is 1. The van der Waals surface area contributed by atoms with Crippen molar-refractivity contribution in [3.8, 4) is 5.75 Å². The van der Waals surface area contributed by atoms with Crippen molar-refractivity contribution in [2.75, 3.05) is 5.75 Å². The molecule has 2 aromatic rings. The van der Waals surface area contributed by atoms with Gasteiger partial charge >= 0.3 is 6.61 Å². The number of benzene rings is 2. The molecule has 0 atom stereocenters. The highest BCUT2D eigenvalue weighted by molar-refractivity contribution is 8.00. The highest BCUT2D eigenvalue weighted by Gasteiger charge is 2.12. The maximum absolute atomic E-state index is 13.0. The first kappa shape index (κ1) is 19.1. The summed E-state index contributed by atoms with van der Waals surface area (Å²) in [6.45, 7) is -2.96. The molecule has 9 heteroatoms. The molecule has 0 spiro atoms. The number of nitrogens with one attached hydrogen (secondary N) is 1. The highest BCUT2D eigenvalue weighted by Crippen LogP contribution is 2.24. The third-order valence-electron chi connectivity index (χ3n) is 2.86. The first-order valence-corrected chi connectivity index (χ1v) is 8.18. The van der Waals surface area contributed by atoms with Crippen molar-refractivity contribution in [1.82, 2.24) is 5.32 Å². The summed E-state index contributed by atoms with van der Waals surface area (Å²) in [4.78, 5) is 24.3. The van der Waals surface area contributed by atoms with Gasteiger partial charge in [-0.15, -0.1) is 11.8 Å². The van der Waals surface area contributed by atoms with E-state index in [9.17, 15) is 22.8 Å². The van der Waals surface area contributed by atoms with Crippen molar-refractivity contribution in [2.24, 2.45) is 0 Å². The van der Waals surface area contributed by atoms with Crippen molar-refractivity contribution in [3.05, 3.63) is 58.9 Å². The minimum atomic E-state index is -2.96. The van der Waals surface area contributed by atoms with Gasteiger partial charge in [-0.3, -0.25) is 14.9 Å². The molecule has 2 rings (SSSR count). The molecule has 4 nitrogen and oxygen atoms in total. The van der Waals surface area contributed by atoms with E-state index in [1.54, 1.807) is 0 Å². The van der Waals surface area contributed by atoms with E-state index in [0.29, 0.717) is 4.90 Å². The third kappa shape index (κ3) is 5.99. The van der Waals surface area contributed by atoms with Gasteiger partial charge in [0.05, 0.1) is 10.8 Å². The van der Waals surface area contributed by atoms with Crippen LogP contribution in [0.2, 0.25) is 5.02 Å². The van der Waals surface area contributed by atoms with Crippen LogP contribution in [0.5, 0.6) is 5.75 Å². The van der Waals surface area contributed by atoms with Crippen molar-refractivity contribution in [1.29, 1.82) is 0 Å². The third-order valence-corrected chi connectivity index (χ3v) is 4.14. The summed E-state index contributed by atoms with van der Waals surface area (Å²) >= 11 is 6.72. The van der Waals surface area contributed by atoms with E-state index in [4.69, 9.17) is 11.6 Å². The van der Waals surface area contributed by atoms with E-state index >= 15 is 0 Å². The molecule has 1 N–H and O–H groups in total. The summed E-state index contributed by atoms with van der Waals surface area (Å²) < 4.78 is 41.3. The largest absolute Gasteiger partial charge is 0.435 e. The summed E-state index contributed by atoms with van der Waals surface area (Å²) in [7, 11) is 0. The quantitative estimate of drug-likeness (QED) is 0.755. The lowest BCUT2D eigenvalue weighted by Gasteiger charge is -2.07. The van der Waals surface area contributed by atoms with Gasteiger partial charge in [0, 0.05) is 10.5 Å². The van der Waals surface area contributed by atoms with Gasteiger partial charge in [-0.25, -0.2) is 4.39 Å². The second kappa shape index (κ2) is 8.77. The first-order chi connectivity index (χ1) is 11.8. The second-order valence-corrected chi connectivity index (χ2v) is 6.10. The van der Waals surface area contributed by atoms with Gasteiger partial charge in [-0.1, -0.05) is 11.6 Å². The molecule has 25 heavy (non-hydrogen) atoms. The monoisotopic (exact) mass is 389 g/mol. The molecule has 0 aliphatic heterocycles. The standard InChI is InChI=1S/C16H11ClF3NO3S/c17-12-7-11(5-6-13(12)18)25-8-14(22)21-15(23)9-1-3-10(4-2-9)24-16(19)20/h1-7,16H,8H2,(H,21,22,23). The SMILES string of the molecule is O=C(CSc1ccc(F)c(Cl)c1)NC(=O)c1ccc(OC(F)F)cc1. The van der Waals surface area contributed by atoms with Crippen LogP contribution in [0.3, 0.4) is 0 Å². The number of alkyl halides is 2. The summed E-state index contributed by atoms with van der Waals surface area (Å²) in [5.74, 6) is -1.98. The summed E-state index contributed by atoms with van der Waals surface area (Å²) in [6, 6.07) is 8.92. The van der Waals surface area contributed by atoms with Crippen molar-refractivity contribution >= 4 is 35.2 Å². The fourth-order valence-corrected chi connectivity index (χ4v) is 2.72. The van der Waals surface area contributed by atoms with Crippen LogP contribution in [0.1, 0.15) is 10.4 Å². The zero-order valence-electron chi connectivity index (χ0n) is 12.5. The van der Waals surface area contributed by atoms with Crippen molar-refractivity contribution in [2.45, 2.75) is 11.5 Å². The molecule has 0 unspecified atom stereocenters. The van der Waals surface area contributed by atoms with E-state index in [1.807, 2.05) is 0 Å². The molecule has 2 amide bonds. The summed E-state index contributed by atoms with van der Waals surface area (Å²) in [5, 5.41) is 2.10. The fourth-order valence-electron chi connectivity index (χ4n) is 1.74. The summed E-state index contributed by atoms with van der Waals surface area (Å²) in [6.07, 6.45) is 0. The molecule has 0 fully saturated rings. The maximum atomic E-state index is 13.0.